The maximum Gasteiger partial charge on any atom is 0.00674 e. The smallest absolute Gasteiger partial charge is 0.00674 e. The molecule has 0 saturated carbocycles. The molecule has 0 radical (unpaired) electrons. The van der Waals surface area contributed by atoms with E-state index in [-0.39, 0.29) is 0 Å². The third-order valence-corrected chi connectivity index (χ3v) is 3.04. The highest BCUT2D eigenvalue weighted by Crippen LogP contribution is 2.15. The number of likely N-dealkylation sites (tertiary alicyclic amines) is 1. The third kappa shape index (κ3) is 4.43. The van der Waals surface area contributed by atoms with Crippen molar-refractivity contribution in [2.24, 2.45) is 5.92 Å². The van der Waals surface area contributed by atoms with Gasteiger partial charge in [0.25, 0.3) is 0 Å². The summed E-state index contributed by atoms with van der Waals surface area (Å²) in [6.45, 7) is 11.8. The summed E-state index contributed by atoms with van der Waals surface area (Å²) < 4.78 is 0. The summed E-state index contributed by atoms with van der Waals surface area (Å²) in [5.41, 5.74) is 0. The Morgan fingerprint density at radius 1 is 1.43 bits per heavy atom. The summed E-state index contributed by atoms with van der Waals surface area (Å²) in [5.74, 6) is 0.778. The van der Waals surface area contributed by atoms with Gasteiger partial charge in [0.15, 0.2) is 0 Å². The van der Waals surface area contributed by atoms with Crippen LogP contribution in [0.25, 0.3) is 0 Å². The van der Waals surface area contributed by atoms with Crippen LogP contribution in [0.4, 0.5) is 0 Å². The normalized spacial score (nSPS) is 23.6. The fourth-order valence-electron chi connectivity index (χ4n) is 2.12. The summed E-state index contributed by atoms with van der Waals surface area (Å²) >= 11 is 0. The monoisotopic (exact) mass is 198 g/mol. The van der Waals surface area contributed by atoms with Gasteiger partial charge in [-0.05, 0) is 58.3 Å². The molecule has 84 valence electrons. The largest absolute Gasteiger partial charge is 0.316 e. The second-order valence-electron chi connectivity index (χ2n) is 4.98. The molecule has 2 nitrogen and oxygen atoms in total. The summed E-state index contributed by atoms with van der Waals surface area (Å²) in [7, 11) is 0. The molecular formula is C12H26N2. The van der Waals surface area contributed by atoms with Crippen LogP contribution in [0.1, 0.15) is 40.0 Å². The molecule has 1 heterocycles. The number of hydrogen-bond donors (Lipinski definition) is 1. The van der Waals surface area contributed by atoms with E-state index < -0.39 is 0 Å². The molecule has 0 aromatic carbocycles. The fourth-order valence-corrected chi connectivity index (χ4v) is 2.12. The van der Waals surface area contributed by atoms with Crippen molar-refractivity contribution in [3.8, 4) is 0 Å². The minimum atomic E-state index is 0.778. The average molecular weight is 198 g/mol. The average Bonchev–Trinajstić information content (AvgIpc) is 2.51. The number of nitrogens with one attached hydrogen (secondary N) is 1. The van der Waals surface area contributed by atoms with Gasteiger partial charge in [-0.25, -0.2) is 0 Å². The van der Waals surface area contributed by atoms with Crippen LogP contribution in [0.3, 0.4) is 0 Å². The lowest BCUT2D eigenvalue weighted by Gasteiger charge is -2.20. The highest BCUT2D eigenvalue weighted by molar-refractivity contribution is 4.74. The van der Waals surface area contributed by atoms with E-state index in [1.807, 2.05) is 0 Å². The Hall–Kier alpha value is -0.0800. The first-order valence-electron chi connectivity index (χ1n) is 6.15. The Bertz CT molecular complexity index is 145. The summed E-state index contributed by atoms with van der Waals surface area (Å²) in [4.78, 5) is 2.62. The van der Waals surface area contributed by atoms with Crippen molar-refractivity contribution in [1.29, 1.82) is 0 Å². The van der Waals surface area contributed by atoms with Crippen LogP contribution in [0, 0.1) is 5.92 Å². The van der Waals surface area contributed by atoms with E-state index in [1.54, 1.807) is 0 Å². The van der Waals surface area contributed by atoms with Crippen LogP contribution >= 0.6 is 0 Å². The minimum absolute atomic E-state index is 0.778. The fraction of sp³-hybridized carbons (Fsp3) is 1.00. The van der Waals surface area contributed by atoms with Gasteiger partial charge in [0.2, 0.25) is 0 Å². The van der Waals surface area contributed by atoms with Crippen LogP contribution in [0.15, 0.2) is 0 Å². The van der Waals surface area contributed by atoms with Crippen LogP contribution in [0.5, 0.6) is 0 Å². The van der Waals surface area contributed by atoms with Crippen molar-refractivity contribution in [2.45, 2.75) is 46.1 Å². The van der Waals surface area contributed by atoms with Gasteiger partial charge in [0.1, 0.15) is 0 Å². The minimum Gasteiger partial charge on any atom is -0.316 e. The Labute approximate surface area is 89.1 Å². The number of nitrogens with zero attached hydrogens (tertiary/aromatic N) is 1. The van der Waals surface area contributed by atoms with Crippen LogP contribution in [-0.2, 0) is 0 Å². The first kappa shape index (κ1) is 12.0. The Morgan fingerprint density at radius 3 is 2.79 bits per heavy atom. The van der Waals surface area contributed by atoms with Crippen LogP contribution < -0.4 is 5.32 Å². The van der Waals surface area contributed by atoms with Crippen molar-refractivity contribution in [2.75, 3.05) is 26.2 Å². The van der Waals surface area contributed by atoms with E-state index in [0.717, 1.165) is 18.5 Å². The lowest BCUT2D eigenvalue weighted by molar-refractivity contribution is 0.264. The molecule has 0 spiro atoms. The molecule has 0 bridgehead atoms. The molecule has 1 N–H and O–H groups in total. The maximum absolute atomic E-state index is 3.50. The molecule has 1 fully saturated rings. The second kappa shape index (κ2) is 6.41. The Balaban J connectivity index is 1.93. The highest BCUT2D eigenvalue weighted by Gasteiger charge is 2.18. The maximum atomic E-state index is 3.50. The first-order valence-corrected chi connectivity index (χ1v) is 6.15. The van der Waals surface area contributed by atoms with Gasteiger partial charge >= 0.3 is 0 Å². The molecule has 0 aromatic rings. The van der Waals surface area contributed by atoms with E-state index >= 15 is 0 Å². The van der Waals surface area contributed by atoms with Crippen molar-refractivity contribution in [3.63, 3.8) is 0 Å². The van der Waals surface area contributed by atoms with E-state index in [1.165, 1.54) is 38.9 Å². The molecule has 0 aliphatic carbocycles. The van der Waals surface area contributed by atoms with Crippen molar-refractivity contribution in [1.82, 2.24) is 10.2 Å². The summed E-state index contributed by atoms with van der Waals surface area (Å²) in [5, 5.41) is 3.50. The number of hydrogen-bond acceptors (Lipinski definition) is 2. The predicted molar refractivity (Wildman–Crippen MR) is 62.6 cm³/mol. The SMILES string of the molecule is CC(C)CNCCCN1CCCC1C. The zero-order chi connectivity index (χ0) is 10.4. The van der Waals surface area contributed by atoms with Gasteiger partial charge in [0, 0.05) is 6.04 Å². The molecule has 1 aliphatic heterocycles. The van der Waals surface area contributed by atoms with E-state index in [9.17, 15) is 0 Å². The molecule has 1 aliphatic rings. The lowest BCUT2D eigenvalue weighted by atomic mass is 10.2. The van der Waals surface area contributed by atoms with Gasteiger partial charge in [-0.1, -0.05) is 13.8 Å². The Morgan fingerprint density at radius 2 is 2.21 bits per heavy atom. The topological polar surface area (TPSA) is 15.3 Å². The molecule has 14 heavy (non-hydrogen) atoms. The predicted octanol–water partition coefficient (Wildman–Crippen LogP) is 2.11. The van der Waals surface area contributed by atoms with Crippen LogP contribution in [0.2, 0.25) is 0 Å². The summed E-state index contributed by atoms with van der Waals surface area (Å²) in [6, 6.07) is 0.833. The first-order chi connectivity index (χ1) is 6.70. The number of rotatable bonds is 6. The van der Waals surface area contributed by atoms with E-state index in [2.05, 4.69) is 31.0 Å². The summed E-state index contributed by atoms with van der Waals surface area (Å²) in [6.07, 6.45) is 4.11. The molecule has 0 aromatic heterocycles. The standard InChI is InChI=1S/C12H26N2/c1-11(2)10-13-7-5-9-14-8-4-6-12(14)3/h11-13H,4-10H2,1-3H3. The molecule has 2 heteroatoms. The lowest BCUT2D eigenvalue weighted by Crippen LogP contribution is -2.30. The third-order valence-electron chi connectivity index (χ3n) is 3.04. The van der Waals surface area contributed by atoms with Gasteiger partial charge in [-0.3, -0.25) is 0 Å². The van der Waals surface area contributed by atoms with Gasteiger partial charge in [-0.15, -0.1) is 0 Å². The van der Waals surface area contributed by atoms with E-state index in [4.69, 9.17) is 0 Å². The van der Waals surface area contributed by atoms with Crippen LogP contribution in [-0.4, -0.2) is 37.1 Å². The van der Waals surface area contributed by atoms with E-state index in [0.29, 0.717) is 0 Å². The molecular weight excluding hydrogens is 172 g/mol. The quantitative estimate of drug-likeness (QED) is 0.658. The van der Waals surface area contributed by atoms with Gasteiger partial charge in [-0.2, -0.15) is 0 Å². The zero-order valence-corrected chi connectivity index (χ0v) is 10.1. The second-order valence-corrected chi connectivity index (χ2v) is 4.98. The van der Waals surface area contributed by atoms with Crippen molar-refractivity contribution < 1.29 is 0 Å². The molecule has 1 rings (SSSR count). The van der Waals surface area contributed by atoms with Gasteiger partial charge < -0.3 is 10.2 Å². The highest BCUT2D eigenvalue weighted by atomic mass is 15.2. The van der Waals surface area contributed by atoms with Crippen molar-refractivity contribution in [3.05, 3.63) is 0 Å². The molecule has 1 atom stereocenters. The van der Waals surface area contributed by atoms with Gasteiger partial charge in [0.05, 0.1) is 0 Å². The zero-order valence-electron chi connectivity index (χ0n) is 10.1. The van der Waals surface area contributed by atoms with Crippen molar-refractivity contribution >= 4 is 0 Å². The Kier molecular flexibility index (Phi) is 5.49. The molecule has 1 unspecified atom stereocenters. The molecule has 1 saturated heterocycles. The molecule has 0 amide bonds.